The van der Waals surface area contributed by atoms with Crippen LogP contribution in [0.25, 0.3) is 11.5 Å². The highest BCUT2D eigenvalue weighted by Gasteiger charge is 2.48. The van der Waals surface area contributed by atoms with Crippen molar-refractivity contribution in [3.63, 3.8) is 0 Å². The second-order valence-corrected chi connectivity index (χ2v) is 7.24. The molecule has 2 N–H and O–H groups in total. The van der Waals surface area contributed by atoms with E-state index < -0.39 is 0 Å². The van der Waals surface area contributed by atoms with Crippen LogP contribution in [-0.2, 0) is 14.2 Å². The minimum absolute atomic E-state index is 0.0999. The summed E-state index contributed by atoms with van der Waals surface area (Å²) in [6.45, 7) is 3.20. The van der Waals surface area contributed by atoms with E-state index in [0.29, 0.717) is 56.9 Å². The van der Waals surface area contributed by atoms with Crippen LogP contribution in [0.5, 0.6) is 0 Å². The second-order valence-electron chi connectivity index (χ2n) is 7.24. The van der Waals surface area contributed by atoms with E-state index in [1.807, 2.05) is 12.1 Å². The number of amides is 2. The van der Waals surface area contributed by atoms with Gasteiger partial charge < -0.3 is 34.2 Å². The van der Waals surface area contributed by atoms with Gasteiger partial charge in [-0.1, -0.05) is 0 Å². The molecule has 0 unspecified atom stereocenters. The number of aromatic nitrogens is 2. The first kappa shape index (κ1) is 18.3. The zero-order valence-corrected chi connectivity index (χ0v) is 15.8. The number of hydrogen-bond donors (Lipinski definition) is 2. The van der Waals surface area contributed by atoms with E-state index in [1.54, 1.807) is 23.4 Å². The Hall–Kier alpha value is -2.69. The molecule has 2 aromatic heterocycles. The molecule has 3 aliphatic rings. The number of urea groups is 1. The van der Waals surface area contributed by atoms with Crippen molar-refractivity contribution in [3.05, 3.63) is 30.7 Å². The smallest absolute Gasteiger partial charge is 0.317 e. The standard InChI is InChI=1S/C19H23N5O5/c25-19(24-5-8-26-9-6-24)23-14-11-29-16-13(10-28-17(14)16)22-18-20-4-3-12(21-18)15-2-1-7-27-15/h1-4,7,13-14,16-17H,5-6,8-11H2,(H,23,25)(H,20,21,22)/t13-,14-,16+,17+/m0/s1. The summed E-state index contributed by atoms with van der Waals surface area (Å²) in [5, 5.41) is 6.34. The Labute approximate surface area is 167 Å². The van der Waals surface area contributed by atoms with Gasteiger partial charge in [-0.3, -0.25) is 0 Å². The molecule has 4 atom stereocenters. The maximum atomic E-state index is 12.5. The summed E-state index contributed by atoms with van der Waals surface area (Å²) in [5.74, 6) is 1.16. The Bertz CT molecular complexity index is 841. The number of nitrogens with zero attached hydrogens (tertiary/aromatic N) is 3. The van der Waals surface area contributed by atoms with Crippen LogP contribution in [0.1, 0.15) is 0 Å². The zero-order chi connectivity index (χ0) is 19.6. The number of rotatable bonds is 4. The fourth-order valence-corrected chi connectivity index (χ4v) is 3.92. The quantitative estimate of drug-likeness (QED) is 0.771. The predicted molar refractivity (Wildman–Crippen MR) is 101 cm³/mol. The van der Waals surface area contributed by atoms with Gasteiger partial charge in [-0.05, 0) is 18.2 Å². The molecule has 0 radical (unpaired) electrons. The van der Waals surface area contributed by atoms with Crippen molar-refractivity contribution >= 4 is 12.0 Å². The summed E-state index contributed by atoms with van der Waals surface area (Å²) in [6, 6.07) is 5.08. The third-order valence-corrected chi connectivity index (χ3v) is 5.40. The van der Waals surface area contributed by atoms with Crippen molar-refractivity contribution in [2.45, 2.75) is 24.3 Å². The number of furan rings is 1. The number of ether oxygens (including phenoxy) is 3. The topological polar surface area (TPSA) is 111 Å². The van der Waals surface area contributed by atoms with Crippen LogP contribution < -0.4 is 10.6 Å². The third kappa shape index (κ3) is 3.78. The number of hydrogen-bond acceptors (Lipinski definition) is 8. The fourth-order valence-electron chi connectivity index (χ4n) is 3.92. The van der Waals surface area contributed by atoms with Gasteiger partial charge in [0.15, 0.2) is 5.76 Å². The summed E-state index contributed by atoms with van der Waals surface area (Å²) in [4.78, 5) is 23.0. The summed E-state index contributed by atoms with van der Waals surface area (Å²) >= 11 is 0. The van der Waals surface area contributed by atoms with E-state index in [9.17, 15) is 4.79 Å². The molecule has 10 heteroatoms. The van der Waals surface area contributed by atoms with Crippen LogP contribution in [0, 0.1) is 0 Å². The number of morpholine rings is 1. The molecular weight excluding hydrogens is 378 g/mol. The summed E-state index contributed by atoms with van der Waals surface area (Å²) in [5.41, 5.74) is 0.700. The van der Waals surface area contributed by atoms with Crippen molar-refractivity contribution in [1.82, 2.24) is 20.2 Å². The van der Waals surface area contributed by atoms with Gasteiger partial charge in [0.25, 0.3) is 0 Å². The van der Waals surface area contributed by atoms with Crippen LogP contribution in [0.3, 0.4) is 0 Å². The molecule has 3 aliphatic heterocycles. The van der Waals surface area contributed by atoms with E-state index in [1.165, 1.54) is 0 Å². The Kier molecular flexibility index (Phi) is 5.04. The molecule has 0 saturated carbocycles. The van der Waals surface area contributed by atoms with Gasteiger partial charge in [0.2, 0.25) is 5.95 Å². The molecule has 3 fully saturated rings. The average molecular weight is 401 g/mol. The van der Waals surface area contributed by atoms with Crippen LogP contribution >= 0.6 is 0 Å². The van der Waals surface area contributed by atoms with Crippen molar-refractivity contribution in [1.29, 1.82) is 0 Å². The van der Waals surface area contributed by atoms with Gasteiger partial charge in [0.1, 0.15) is 17.9 Å². The van der Waals surface area contributed by atoms with Crippen LogP contribution in [0.2, 0.25) is 0 Å². The van der Waals surface area contributed by atoms with Gasteiger partial charge >= 0.3 is 6.03 Å². The molecule has 2 aromatic rings. The number of anilines is 1. The highest BCUT2D eigenvalue weighted by atomic mass is 16.6. The summed E-state index contributed by atoms with van der Waals surface area (Å²) in [6.07, 6.45) is 2.91. The van der Waals surface area contributed by atoms with Gasteiger partial charge in [0.05, 0.1) is 44.8 Å². The normalized spacial score (nSPS) is 28.9. The minimum Gasteiger partial charge on any atom is -0.463 e. The summed E-state index contributed by atoms with van der Waals surface area (Å²) < 4.78 is 22.6. The fraction of sp³-hybridized carbons (Fsp3) is 0.526. The molecule has 29 heavy (non-hydrogen) atoms. The van der Waals surface area contributed by atoms with E-state index in [4.69, 9.17) is 18.6 Å². The average Bonchev–Trinajstić information content (AvgIpc) is 3.49. The third-order valence-electron chi connectivity index (χ3n) is 5.40. The molecule has 5 rings (SSSR count). The lowest BCUT2D eigenvalue weighted by Crippen LogP contribution is -2.52. The van der Waals surface area contributed by atoms with E-state index in [2.05, 4.69) is 20.6 Å². The molecule has 0 bridgehead atoms. The maximum absolute atomic E-state index is 12.5. The van der Waals surface area contributed by atoms with E-state index in [-0.39, 0.29) is 30.3 Å². The highest BCUT2D eigenvalue weighted by Crippen LogP contribution is 2.29. The van der Waals surface area contributed by atoms with Crippen LogP contribution in [0.15, 0.2) is 35.1 Å². The second kappa shape index (κ2) is 7.97. The largest absolute Gasteiger partial charge is 0.463 e. The van der Waals surface area contributed by atoms with Gasteiger partial charge in [0, 0.05) is 19.3 Å². The maximum Gasteiger partial charge on any atom is 0.317 e. The first-order chi connectivity index (χ1) is 14.3. The molecule has 0 spiro atoms. The molecular formula is C19H23N5O5. The minimum atomic E-state index is -0.203. The van der Waals surface area contributed by atoms with Crippen molar-refractivity contribution in [3.8, 4) is 11.5 Å². The first-order valence-corrected chi connectivity index (χ1v) is 9.78. The lowest BCUT2D eigenvalue weighted by atomic mass is 10.1. The predicted octanol–water partition coefficient (Wildman–Crippen LogP) is 0.725. The highest BCUT2D eigenvalue weighted by molar-refractivity contribution is 5.74. The summed E-state index contributed by atoms with van der Waals surface area (Å²) in [7, 11) is 0. The molecule has 0 aromatic carbocycles. The number of fused-ring (bicyclic) bond motifs is 1. The van der Waals surface area contributed by atoms with Gasteiger partial charge in [-0.2, -0.15) is 0 Å². The van der Waals surface area contributed by atoms with Crippen molar-refractivity contribution in [2.24, 2.45) is 0 Å². The molecule has 10 nitrogen and oxygen atoms in total. The molecule has 154 valence electrons. The Morgan fingerprint density at radius 1 is 1.10 bits per heavy atom. The van der Waals surface area contributed by atoms with Crippen LogP contribution in [0.4, 0.5) is 10.7 Å². The van der Waals surface area contributed by atoms with Gasteiger partial charge in [-0.15, -0.1) is 0 Å². The molecule has 3 saturated heterocycles. The zero-order valence-electron chi connectivity index (χ0n) is 15.8. The van der Waals surface area contributed by atoms with Gasteiger partial charge in [-0.25, -0.2) is 14.8 Å². The van der Waals surface area contributed by atoms with Crippen LogP contribution in [-0.4, -0.2) is 84.7 Å². The molecule has 0 aliphatic carbocycles. The van der Waals surface area contributed by atoms with Crippen molar-refractivity contribution in [2.75, 3.05) is 44.8 Å². The lowest BCUT2D eigenvalue weighted by Gasteiger charge is -2.29. The monoisotopic (exact) mass is 401 g/mol. The lowest BCUT2D eigenvalue weighted by molar-refractivity contribution is 0.0485. The Balaban J connectivity index is 1.20. The number of carbonyl (C=O) groups is 1. The Morgan fingerprint density at radius 3 is 2.69 bits per heavy atom. The van der Waals surface area contributed by atoms with E-state index in [0.717, 1.165) is 0 Å². The van der Waals surface area contributed by atoms with Crippen molar-refractivity contribution < 1.29 is 23.4 Å². The number of nitrogens with one attached hydrogen (secondary N) is 2. The number of carbonyl (C=O) groups excluding carboxylic acids is 1. The molecule has 5 heterocycles. The Morgan fingerprint density at radius 2 is 1.90 bits per heavy atom. The van der Waals surface area contributed by atoms with E-state index >= 15 is 0 Å². The molecule has 2 amide bonds. The first-order valence-electron chi connectivity index (χ1n) is 9.78. The SMILES string of the molecule is O=C(N[C@H]1CO[C@H]2[C@@H]1OC[C@@H]2Nc1nccc(-c2ccco2)n1)N1CCOCC1.